The Bertz CT molecular complexity index is 727. The molecule has 28 heavy (non-hydrogen) atoms. The van der Waals surface area contributed by atoms with Crippen molar-refractivity contribution in [3.05, 3.63) is 12.2 Å². The molecular weight excluding hydrogens is 421 g/mol. The average molecular weight is 441 g/mol. The summed E-state index contributed by atoms with van der Waals surface area (Å²) in [6.45, 7) is 6.10. The Morgan fingerprint density at radius 2 is 1.57 bits per heavy atom. The van der Waals surface area contributed by atoms with Crippen LogP contribution in [0.4, 0.5) is 22.0 Å². The van der Waals surface area contributed by atoms with E-state index in [4.69, 9.17) is 4.55 Å². The molecule has 0 spiro atoms. The fraction of sp³-hybridized carbons (Fsp3) is 0.714. The first-order valence-electron chi connectivity index (χ1n) is 7.43. The van der Waals surface area contributed by atoms with E-state index in [0.29, 0.717) is 0 Å². The molecule has 0 aromatic rings. The van der Waals surface area contributed by atoms with Gasteiger partial charge < -0.3 is 14.8 Å². The van der Waals surface area contributed by atoms with Gasteiger partial charge in [0.2, 0.25) is 0 Å². The normalized spacial score (nSPS) is 15.5. The SMILES string of the molecule is C=C(C)C(=O)OC(OCCC(F)(F)S(=O)(=O)O)(C(=O)NC(C)(C)C)C(F)(F)F. The van der Waals surface area contributed by atoms with Crippen molar-refractivity contribution in [3.8, 4) is 0 Å². The van der Waals surface area contributed by atoms with Crippen LogP contribution in [0.5, 0.6) is 0 Å². The molecule has 1 amide bonds. The minimum absolute atomic E-state index is 0.566. The molecule has 0 bridgehead atoms. The Hall–Kier alpha value is -1.80. The van der Waals surface area contributed by atoms with Crippen molar-refractivity contribution in [1.82, 2.24) is 5.32 Å². The molecule has 0 radical (unpaired) electrons. The number of carbonyl (C=O) groups is 2. The van der Waals surface area contributed by atoms with Crippen molar-refractivity contribution < 1.29 is 54.0 Å². The molecule has 0 heterocycles. The number of halogens is 5. The van der Waals surface area contributed by atoms with Crippen molar-refractivity contribution in [3.63, 3.8) is 0 Å². The van der Waals surface area contributed by atoms with Gasteiger partial charge in [-0.25, -0.2) is 4.79 Å². The zero-order valence-electron chi connectivity index (χ0n) is 15.3. The number of ether oxygens (including phenoxy) is 2. The van der Waals surface area contributed by atoms with Crippen LogP contribution < -0.4 is 5.32 Å². The summed E-state index contributed by atoms with van der Waals surface area (Å²) in [6.07, 6.45) is -7.71. The minimum atomic E-state index is -5.96. The summed E-state index contributed by atoms with van der Waals surface area (Å²) in [5.74, 6) is -8.13. The highest BCUT2D eigenvalue weighted by Gasteiger charge is 2.67. The van der Waals surface area contributed by atoms with Crippen molar-refractivity contribution >= 4 is 22.0 Å². The van der Waals surface area contributed by atoms with E-state index in [0.717, 1.165) is 6.92 Å². The van der Waals surface area contributed by atoms with Gasteiger partial charge in [0, 0.05) is 11.1 Å². The van der Waals surface area contributed by atoms with Crippen LogP contribution >= 0.6 is 0 Å². The third-order valence-corrected chi connectivity index (χ3v) is 3.78. The molecule has 0 saturated carbocycles. The Balaban J connectivity index is 6.02. The third kappa shape index (κ3) is 6.67. The van der Waals surface area contributed by atoms with E-state index in [1.807, 2.05) is 5.32 Å². The smallest absolute Gasteiger partial charge is 0.412 e. The first-order valence-corrected chi connectivity index (χ1v) is 8.87. The van der Waals surface area contributed by atoms with Crippen LogP contribution in [0.2, 0.25) is 0 Å². The van der Waals surface area contributed by atoms with Crippen molar-refractivity contribution in [2.24, 2.45) is 0 Å². The van der Waals surface area contributed by atoms with Crippen LogP contribution in [-0.4, -0.2) is 54.2 Å². The predicted octanol–water partition coefficient (Wildman–Crippen LogP) is 2.17. The fourth-order valence-electron chi connectivity index (χ4n) is 1.49. The number of carbonyl (C=O) groups excluding carboxylic acids is 2. The van der Waals surface area contributed by atoms with Crippen LogP contribution in [0, 0.1) is 0 Å². The number of esters is 1. The molecule has 0 aliphatic carbocycles. The van der Waals surface area contributed by atoms with Crippen LogP contribution in [0.15, 0.2) is 12.2 Å². The maximum atomic E-state index is 13.6. The summed E-state index contributed by atoms with van der Waals surface area (Å²) in [5.41, 5.74) is -1.85. The Kier molecular flexibility index (Phi) is 7.75. The summed E-state index contributed by atoms with van der Waals surface area (Å²) in [4.78, 5) is 23.8. The molecule has 0 aliphatic rings. The van der Waals surface area contributed by atoms with Gasteiger partial charge in [0.1, 0.15) is 0 Å². The predicted molar refractivity (Wildman–Crippen MR) is 84.7 cm³/mol. The van der Waals surface area contributed by atoms with Gasteiger partial charge in [0.15, 0.2) is 0 Å². The lowest BCUT2D eigenvalue weighted by atomic mass is 10.1. The van der Waals surface area contributed by atoms with Gasteiger partial charge >= 0.3 is 39.2 Å². The van der Waals surface area contributed by atoms with Gasteiger partial charge in [0.05, 0.1) is 13.0 Å². The Morgan fingerprint density at radius 1 is 1.11 bits per heavy atom. The highest BCUT2D eigenvalue weighted by Crippen LogP contribution is 2.37. The van der Waals surface area contributed by atoms with E-state index in [1.165, 1.54) is 20.8 Å². The quantitative estimate of drug-likeness (QED) is 0.195. The summed E-state index contributed by atoms with van der Waals surface area (Å²) in [6, 6.07) is 0. The lowest BCUT2D eigenvalue weighted by molar-refractivity contribution is -0.348. The summed E-state index contributed by atoms with van der Waals surface area (Å²) < 4.78 is 105. The van der Waals surface area contributed by atoms with Crippen molar-refractivity contribution in [2.45, 2.75) is 56.9 Å². The highest BCUT2D eigenvalue weighted by molar-refractivity contribution is 7.86. The molecule has 164 valence electrons. The topological polar surface area (TPSA) is 119 Å². The molecular formula is C14H20F5NO7S. The Morgan fingerprint density at radius 3 is 1.89 bits per heavy atom. The van der Waals surface area contributed by atoms with Crippen LogP contribution in [0.3, 0.4) is 0 Å². The summed E-state index contributed by atoms with van der Waals surface area (Å²) in [5, 5.41) is -3.03. The molecule has 14 heteroatoms. The van der Waals surface area contributed by atoms with E-state index >= 15 is 0 Å². The monoisotopic (exact) mass is 441 g/mol. The van der Waals surface area contributed by atoms with E-state index in [2.05, 4.69) is 16.1 Å². The number of alkyl halides is 5. The van der Waals surface area contributed by atoms with Crippen molar-refractivity contribution in [2.75, 3.05) is 6.61 Å². The average Bonchev–Trinajstić information content (AvgIpc) is 2.40. The molecule has 0 aromatic carbocycles. The maximum Gasteiger partial charge on any atom is 0.466 e. The van der Waals surface area contributed by atoms with Gasteiger partial charge in [-0.2, -0.15) is 30.4 Å². The summed E-state index contributed by atoms with van der Waals surface area (Å²) >= 11 is 0. The van der Waals surface area contributed by atoms with Gasteiger partial charge in [0.25, 0.3) is 0 Å². The van der Waals surface area contributed by atoms with E-state index < -0.39 is 63.4 Å². The number of hydrogen-bond acceptors (Lipinski definition) is 6. The molecule has 0 aliphatic heterocycles. The second-order valence-electron chi connectivity index (χ2n) is 6.70. The van der Waals surface area contributed by atoms with Crippen LogP contribution in [0.1, 0.15) is 34.1 Å². The van der Waals surface area contributed by atoms with Gasteiger partial charge in [-0.05, 0) is 27.7 Å². The molecule has 0 aromatic heterocycles. The fourth-order valence-corrected chi connectivity index (χ4v) is 1.83. The van der Waals surface area contributed by atoms with Gasteiger partial charge in [-0.1, -0.05) is 6.58 Å². The number of amides is 1. The van der Waals surface area contributed by atoms with Crippen molar-refractivity contribution in [1.29, 1.82) is 0 Å². The van der Waals surface area contributed by atoms with Crippen LogP contribution in [0.25, 0.3) is 0 Å². The molecule has 0 rings (SSSR count). The molecule has 1 unspecified atom stereocenters. The van der Waals surface area contributed by atoms with E-state index in [-0.39, 0.29) is 0 Å². The first kappa shape index (κ1) is 26.2. The molecule has 0 saturated heterocycles. The maximum absolute atomic E-state index is 13.6. The summed E-state index contributed by atoms with van der Waals surface area (Å²) in [7, 11) is -5.96. The second-order valence-corrected chi connectivity index (χ2v) is 8.25. The lowest BCUT2D eigenvalue weighted by Crippen LogP contribution is -2.64. The van der Waals surface area contributed by atoms with Crippen LogP contribution in [-0.2, 0) is 29.2 Å². The van der Waals surface area contributed by atoms with Gasteiger partial charge in [-0.3, -0.25) is 9.35 Å². The Labute approximate surface area is 157 Å². The third-order valence-electron chi connectivity index (χ3n) is 2.82. The number of nitrogens with one attached hydrogen (secondary N) is 1. The van der Waals surface area contributed by atoms with E-state index in [1.54, 1.807) is 0 Å². The second kappa shape index (κ2) is 8.29. The minimum Gasteiger partial charge on any atom is -0.412 e. The number of hydrogen-bond donors (Lipinski definition) is 2. The van der Waals surface area contributed by atoms with E-state index in [9.17, 15) is 40.0 Å². The standard InChI is InChI=1S/C14H20F5NO7S/c1-8(2)9(21)27-13(14(17,18)19,10(22)20-11(3,4)5)26-7-6-12(15,16)28(23,24)25/h1,6-7H2,2-5H3,(H,20,22)(H,23,24,25). The first-order chi connectivity index (χ1) is 12.2. The molecule has 1 atom stereocenters. The molecule has 8 nitrogen and oxygen atoms in total. The lowest BCUT2D eigenvalue weighted by Gasteiger charge is -2.35. The zero-order valence-corrected chi connectivity index (χ0v) is 16.1. The molecule has 2 N–H and O–H groups in total. The van der Waals surface area contributed by atoms with Gasteiger partial charge in [-0.15, -0.1) is 0 Å². The molecule has 0 fully saturated rings. The largest absolute Gasteiger partial charge is 0.466 e. The number of rotatable bonds is 8. The highest BCUT2D eigenvalue weighted by atomic mass is 32.2. The zero-order chi connectivity index (χ0) is 22.8.